The fourth-order valence-corrected chi connectivity index (χ4v) is 3.54. The van der Waals surface area contributed by atoms with Crippen LogP contribution in [0.4, 0.5) is 13.2 Å². The highest BCUT2D eigenvalue weighted by Crippen LogP contribution is 2.34. The quantitative estimate of drug-likeness (QED) is 0.608. The van der Waals surface area contributed by atoms with Crippen molar-refractivity contribution in [1.29, 1.82) is 0 Å². The molecule has 1 aliphatic heterocycles. The van der Waals surface area contributed by atoms with Gasteiger partial charge in [-0.15, -0.1) is 0 Å². The van der Waals surface area contributed by atoms with Gasteiger partial charge in [-0.05, 0) is 35.7 Å². The van der Waals surface area contributed by atoms with Gasteiger partial charge in [0.15, 0.2) is 0 Å². The predicted octanol–water partition coefficient (Wildman–Crippen LogP) is 4.73. The van der Waals surface area contributed by atoms with Crippen molar-refractivity contribution in [3.63, 3.8) is 0 Å². The van der Waals surface area contributed by atoms with Gasteiger partial charge in [0.2, 0.25) is 0 Å². The van der Waals surface area contributed by atoms with Gasteiger partial charge in [0.05, 0.1) is 11.1 Å². The Morgan fingerprint density at radius 3 is 2.71 bits per heavy atom. The first-order chi connectivity index (χ1) is 13.3. The summed E-state index contributed by atoms with van der Waals surface area (Å²) in [6, 6.07) is 10.5. The van der Waals surface area contributed by atoms with Crippen molar-refractivity contribution in [3.05, 3.63) is 75.1 Å². The Bertz CT molecular complexity index is 1090. The number of alkyl halides is 3. The third-order valence-electron chi connectivity index (χ3n) is 4.88. The van der Waals surface area contributed by atoms with Crippen LogP contribution in [0.15, 0.2) is 51.7 Å². The van der Waals surface area contributed by atoms with E-state index in [1.165, 1.54) is 12.1 Å². The maximum Gasteiger partial charge on any atom is 0.416 e. The van der Waals surface area contributed by atoms with Gasteiger partial charge in [-0.2, -0.15) is 13.2 Å². The van der Waals surface area contributed by atoms with Gasteiger partial charge in [-0.3, -0.25) is 4.90 Å². The third kappa shape index (κ3) is 3.49. The summed E-state index contributed by atoms with van der Waals surface area (Å²) >= 11 is 0. The van der Waals surface area contributed by atoms with Gasteiger partial charge in [0.25, 0.3) is 0 Å². The highest BCUT2D eigenvalue weighted by Gasteiger charge is 2.30. The molecule has 0 amide bonds. The van der Waals surface area contributed by atoms with Gasteiger partial charge in [0, 0.05) is 24.5 Å². The van der Waals surface area contributed by atoms with Gasteiger partial charge in [-0.1, -0.05) is 25.1 Å². The van der Waals surface area contributed by atoms with Crippen LogP contribution in [0.5, 0.6) is 5.75 Å². The molecule has 0 radical (unpaired) electrons. The van der Waals surface area contributed by atoms with Gasteiger partial charge < -0.3 is 9.15 Å². The lowest BCUT2D eigenvalue weighted by atomic mass is 10.0. The first kappa shape index (κ1) is 18.6. The molecule has 2 aromatic carbocycles. The van der Waals surface area contributed by atoms with Gasteiger partial charge in [0.1, 0.15) is 18.1 Å². The van der Waals surface area contributed by atoms with Crippen LogP contribution in [0.2, 0.25) is 0 Å². The number of aryl methyl sites for hydroxylation is 1. The number of fused-ring (bicyclic) bond motifs is 3. The lowest BCUT2D eigenvalue weighted by molar-refractivity contribution is -0.137. The maximum atomic E-state index is 12.9. The molecule has 146 valence electrons. The van der Waals surface area contributed by atoms with E-state index < -0.39 is 17.4 Å². The first-order valence-electron chi connectivity index (χ1n) is 8.95. The standard InChI is InChI=1S/C21H18F3NO3/c1-2-14-9-19(26)28-20-16(14)6-7-18-17(20)11-25(12-27-18)10-13-4-3-5-15(8-13)21(22,23)24/h3-9H,2,10-12H2,1H3. The Balaban J connectivity index is 1.66. The molecule has 4 nitrogen and oxygen atoms in total. The lowest BCUT2D eigenvalue weighted by Crippen LogP contribution is -2.31. The number of hydrogen-bond donors (Lipinski definition) is 0. The molecule has 0 atom stereocenters. The molecule has 0 saturated heterocycles. The Morgan fingerprint density at radius 2 is 1.96 bits per heavy atom. The van der Waals surface area contributed by atoms with E-state index in [4.69, 9.17) is 9.15 Å². The summed E-state index contributed by atoms with van der Waals surface area (Å²) in [6.07, 6.45) is -3.69. The van der Waals surface area contributed by atoms with Crippen molar-refractivity contribution in [2.75, 3.05) is 6.73 Å². The summed E-state index contributed by atoms with van der Waals surface area (Å²) in [7, 11) is 0. The summed E-state index contributed by atoms with van der Waals surface area (Å²) in [5.74, 6) is 0.629. The van der Waals surface area contributed by atoms with Crippen LogP contribution in [-0.2, 0) is 25.7 Å². The molecule has 0 spiro atoms. The predicted molar refractivity (Wildman–Crippen MR) is 98.0 cm³/mol. The second-order valence-corrected chi connectivity index (χ2v) is 6.82. The van der Waals surface area contributed by atoms with E-state index >= 15 is 0 Å². The fourth-order valence-electron chi connectivity index (χ4n) is 3.54. The number of hydrogen-bond acceptors (Lipinski definition) is 4. The molecule has 0 N–H and O–H groups in total. The Kier molecular flexibility index (Phi) is 4.63. The van der Waals surface area contributed by atoms with E-state index in [-0.39, 0.29) is 13.3 Å². The molecule has 1 aliphatic rings. The lowest BCUT2D eigenvalue weighted by Gasteiger charge is -2.29. The average molecular weight is 389 g/mol. The summed E-state index contributed by atoms with van der Waals surface area (Å²) in [6.45, 7) is 2.91. The molecular formula is C21H18F3NO3. The second kappa shape index (κ2) is 6.98. The molecular weight excluding hydrogens is 371 g/mol. The van der Waals surface area contributed by atoms with Crippen molar-refractivity contribution in [1.82, 2.24) is 4.90 Å². The second-order valence-electron chi connectivity index (χ2n) is 6.82. The largest absolute Gasteiger partial charge is 0.478 e. The molecule has 4 rings (SSSR count). The molecule has 0 unspecified atom stereocenters. The Morgan fingerprint density at radius 1 is 1.14 bits per heavy atom. The SMILES string of the molecule is CCc1cc(=O)oc2c3c(ccc12)OCN(Cc1cccc(C(F)(F)F)c1)C3. The molecule has 1 aromatic heterocycles. The van der Waals surface area contributed by atoms with Crippen LogP contribution < -0.4 is 10.4 Å². The van der Waals surface area contributed by atoms with Crippen LogP contribution in [0.3, 0.4) is 0 Å². The van der Waals surface area contributed by atoms with E-state index in [1.54, 1.807) is 6.07 Å². The number of ether oxygens (including phenoxy) is 1. The van der Waals surface area contributed by atoms with Crippen molar-refractivity contribution in [2.45, 2.75) is 32.6 Å². The molecule has 0 fully saturated rings. The molecule has 2 heterocycles. The zero-order valence-electron chi connectivity index (χ0n) is 15.2. The molecule has 28 heavy (non-hydrogen) atoms. The van der Waals surface area contributed by atoms with Crippen molar-refractivity contribution < 1.29 is 22.3 Å². The van der Waals surface area contributed by atoms with E-state index in [0.717, 1.165) is 28.6 Å². The molecule has 0 bridgehead atoms. The highest BCUT2D eigenvalue weighted by molar-refractivity contribution is 5.85. The molecule has 0 aliphatic carbocycles. The van der Waals surface area contributed by atoms with Crippen molar-refractivity contribution in [2.24, 2.45) is 0 Å². The maximum absolute atomic E-state index is 12.9. The van der Waals surface area contributed by atoms with Gasteiger partial charge >= 0.3 is 11.8 Å². The Hall–Kier alpha value is -2.80. The zero-order valence-corrected chi connectivity index (χ0v) is 15.2. The number of rotatable bonds is 3. The normalized spacial score (nSPS) is 14.7. The van der Waals surface area contributed by atoms with Crippen molar-refractivity contribution >= 4 is 11.0 Å². The third-order valence-corrected chi connectivity index (χ3v) is 4.88. The minimum absolute atomic E-state index is 0.243. The first-order valence-corrected chi connectivity index (χ1v) is 8.95. The van der Waals surface area contributed by atoms with E-state index in [9.17, 15) is 18.0 Å². The van der Waals surface area contributed by atoms with E-state index in [0.29, 0.717) is 29.9 Å². The van der Waals surface area contributed by atoms with Crippen LogP contribution in [-0.4, -0.2) is 11.6 Å². The number of benzene rings is 2. The van der Waals surface area contributed by atoms with E-state index in [2.05, 4.69) is 0 Å². The fraction of sp³-hybridized carbons (Fsp3) is 0.286. The minimum atomic E-state index is -4.38. The highest BCUT2D eigenvalue weighted by atomic mass is 19.4. The minimum Gasteiger partial charge on any atom is -0.478 e. The van der Waals surface area contributed by atoms with Crippen molar-refractivity contribution in [3.8, 4) is 5.75 Å². The molecule has 3 aromatic rings. The topological polar surface area (TPSA) is 42.7 Å². The van der Waals surface area contributed by atoms with E-state index in [1.807, 2.05) is 24.0 Å². The number of halogens is 3. The average Bonchev–Trinajstić information content (AvgIpc) is 2.67. The van der Waals surface area contributed by atoms with Gasteiger partial charge in [-0.25, -0.2) is 4.79 Å². The molecule has 7 heteroatoms. The Labute approximate surface area is 159 Å². The monoisotopic (exact) mass is 389 g/mol. The number of nitrogens with zero attached hydrogens (tertiary/aromatic N) is 1. The summed E-state index contributed by atoms with van der Waals surface area (Å²) in [4.78, 5) is 13.8. The molecule has 0 saturated carbocycles. The van der Waals surface area contributed by atoms with Crippen LogP contribution >= 0.6 is 0 Å². The summed E-state index contributed by atoms with van der Waals surface area (Å²) < 4.78 is 50.1. The zero-order chi connectivity index (χ0) is 19.9. The summed E-state index contributed by atoms with van der Waals surface area (Å²) in [5, 5.41) is 0.852. The van der Waals surface area contributed by atoms with Crippen LogP contribution in [0.25, 0.3) is 11.0 Å². The smallest absolute Gasteiger partial charge is 0.416 e. The summed E-state index contributed by atoms with van der Waals surface area (Å²) in [5.41, 5.74) is 1.56. The van der Waals surface area contributed by atoms with Crippen LogP contribution in [0, 0.1) is 0 Å². The van der Waals surface area contributed by atoms with Crippen LogP contribution in [0.1, 0.15) is 29.2 Å².